The second-order valence-corrected chi connectivity index (χ2v) is 15.9. The number of rotatable bonds is 36. The lowest BCUT2D eigenvalue weighted by Gasteiger charge is -2.42. The molecule has 0 spiro atoms. The van der Waals surface area contributed by atoms with E-state index < -0.39 is 11.2 Å². The zero-order valence-electron chi connectivity index (χ0n) is 34.0. The van der Waals surface area contributed by atoms with Crippen molar-refractivity contribution in [3.8, 4) is 0 Å². The lowest BCUT2D eigenvalue weighted by molar-refractivity contribution is -0.116. The van der Waals surface area contributed by atoms with E-state index >= 15 is 0 Å². The van der Waals surface area contributed by atoms with E-state index in [9.17, 15) is 0 Å². The summed E-state index contributed by atoms with van der Waals surface area (Å²) in [6, 6.07) is 21.9. The summed E-state index contributed by atoms with van der Waals surface area (Å²) in [6.07, 6.45) is 43.6. The molecule has 0 bridgehead atoms. The minimum atomic E-state index is -0.418. The van der Waals surface area contributed by atoms with Gasteiger partial charge in [-0.1, -0.05) is 254 Å². The van der Waals surface area contributed by atoms with Gasteiger partial charge in [0, 0.05) is 12.8 Å². The highest BCUT2D eigenvalue weighted by Gasteiger charge is 2.38. The van der Waals surface area contributed by atoms with E-state index in [1.165, 1.54) is 178 Å². The molecule has 0 amide bonds. The molecular formula is C50H82O. The van der Waals surface area contributed by atoms with Crippen LogP contribution >= 0.6 is 0 Å². The summed E-state index contributed by atoms with van der Waals surface area (Å²) in [5, 5.41) is 0. The van der Waals surface area contributed by atoms with Crippen molar-refractivity contribution in [1.82, 2.24) is 0 Å². The maximum Gasteiger partial charge on any atom is 0.0912 e. The highest BCUT2D eigenvalue weighted by Crippen LogP contribution is 2.37. The van der Waals surface area contributed by atoms with Gasteiger partial charge in [-0.2, -0.15) is 0 Å². The fraction of sp³-hybridized carbons (Fsp3) is 0.680. The highest BCUT2D eigenvalue weighted by molar-refractivity contribution is 5.23. The summed E-state index contributed by atoms with van der Waals surface area (Å²) < 4.78 is 7.51. The molecule has 51 heavy (non-hydrogen) atoms. The molecule has 1 nitrogen and oxygen atoms in total. The van der Waals surface area contributed by atoms with Crippen molar-refractivity contribution < 1.29 is 4.74 Å². The summed E-state index contributed by atoms with van der Waals surface area (Å²) in [4.78, 5) is 0. The van der Waals surface area contributed by atoms with Crippen LogP contribution in [-0.4, -0.2) is 11.2 Å². The van der Waals surface area contributed by atoms with E-state index in [1.807, 2.05) is 0 Å². The van der Waals surface area contributed by atoms with Crippen molar-refractivity contribution in [1.29, 1.82) is 0 Å². The van der Waals surface area contributed by atoms with Crippen molar-refractivity contribution in [3.05, 3.63) is 97.1 Å². The SMILES string of the molecule is C=CC(CCCCCCCCCCCCCCC)(Cc1ccccc1)OC(C=C)(CCCCCCCCCCCCCCC)Cc1ccccc1. The Bertz CT molecular complexity index is 974. The average Bonchev–Trinajstić information content (AvgIpc) is 3.16. The molecule has 1 heteroatoms. The first-order valence-electron chi connectivity index (χ1n) is 22.2. The molecule has 0 saturated carbocycles. The van der Waals surface area contributed by atoms with Crippen molar-refractivity contribution >= 4 is 0 Å². The van der Waals surface area contributed by atoms with Crippen LogP contribution in [-0.2, 0) is 17.6 Å². The molecule has 2 aromatic carbocycles. The second kappa shape index (κ2) is 30.4. The third kappa shape index (κ3) is 21.9. The van der Waals surface area contributed by atoms with E-state index in [0.29, 0.717) is 0 Å². The minimum Gasteiger partial charge on any atom is -0.360 e. The zero-order chi connectivity index (χ0) is 36.6. The van der Waals surface area contributed by atoms with E-state index in [-0.39, 0.29) is 0 Å². The molecule has 0 aliphatic rings. The predicted octanol–water partition coefficient (Wildman–Crippen LogP) is 16.3. The average molecular weight is 699 g/mol. The van der Waals surface area contributed by atoms with Crippen molar-refractivity contribution in [3.63, 3.8) is 0 Å². The summed E-state index contributed by atoms with van der Waals surface area (Å²) in [5.41, 5.74) is 1.81. The number of hydrogen-bond donors (Lipinski definition) is 0. The molecule has 2 rings (SSSR count). The van der Waals surface area contributed by atoms with Crippen molar-refractivity contribution in [2.75, 3.05) is 0 Å². The van der Waals surface area contributed by atoms with Crippen molar-refractivity contribution in [2.45, 2.75) is 218 Å². The molecule has 0 saturated heterocycles. The van der Waals surface area contributed by atoms with Gasteiger partial charge in [0.1, 0.15) is 0 Å². The Morgan fingerprint density at radius 1 is 0.392 bits per heavy atom. The zero-order valence-corrected chi connectivity index (χ0v) is 34.0. The van der Waals surface area contributed by atoms with Gasteiger partial charge in [-0.25, -0.2) is 0 Å². The lowest BCUT2D eigenvalue weighted by atomic mass is 9.84. The molecule has 0 aliphatic carbocycles. The molecule has 2 aromatic rings. The lowest BCUT2D eigenvalue weighted by Crippen LogP contribution is -2.45. The smallest absolute Gasteiger partial charge is 0.0912 e. The van der Waals surface area contributed by atoms with Gasteiger partial charge < -0.3 is 4.74 Å². The van der Waals surface area contributed by atoms with Crippen LogP contribution in [0.15, 0.2) is 86.0 Å². The molecule has 0 N–H and O–H groups in total. The van der Waals surface area contributed by atoms with Gasteiger partial charge in [0.25, 0.3) is 0 Å². The summed E-state index contributed by atoms with van der Waals surface area (Å²) in [5.74, 6) is 0. The van der Waals surface area contributed by atoms with Crippen LogP contribution in [0.1, 0.15) is 205 Å². The summed E-state index contributed by atoms with van der Waals surface area (Å²) in [6.45, 7) is 13.5. The van der Waals surface area contributed by atoms with E-state index in [0.717, 1.165) is 25.7 Å². The molecule has 0 radical (unpaired) electrons. The Morgan fingerprint density at radius 2 is 0.647 bits per heavy atom. The number of unbranched alkanes of at least 4 members (excludes halogenated alkanes) is 24. The van der Waals surface area contributed by atoms with Crippen LogP contribution in [0, 0.1) is 0 Å². The first-order valence-corrected chi connectivity index (χ1v) is 22.2. The molecule has 2 atom stereocenters. The predicted molar refractivity (Wildman–Crippen MR) is 228 cm³/mol. The minimum absolute atomic E-state index is 0.418. The fourth-order valence-corrected chi connectivity index (χ4v) is 7.95. The van der Waals surface area contributed by atoms with Crippen molar-refractivity contribution in [2.24, 2.45) is 0 Å². The third-order valence-corrected chi connectivity index (χ3v) is 11.2. The Hall–Kier alpha value is -2.12. The molecule has 0 aromatic heterocycles. The summed E-state index contributed by atoms with van der Waals surface area (Å²) in [7, 11) is 0. The molecule has 0 heterocycles. The molecule has 2 unspecified atom stereocenters. The second-order valence-electron chi connectivity index (χ2n) is 15.9. The van der Waals surface area contributed by atoms with E-state index in [1.54, 1.807) is 0 Å². The third-order valence-electron chi connectivity index (χ3n) is 11.2. The van der Waals surface area contributed by atoms with Gasteiger partial charge in [0.05, 0.1) is 11.2 Å². The van der Waals surface area contributed by atoms with Crippen LogP contribution in [0.5, 0.6) is 0 Å². The van der Waals surface area contributed by atoms with E-state index in [2.05, 4.69) is 99.8 Å². The van der Waals surface area contributed by atoms with Gasteiger partial charge in [-0.05, 0) is 24.0 Å². The largest absolute Gasteiger partial charge is 0.360 e. The molecule has 0 aliphatic heterocycles. The monoisotopic (exact) mass is 699 g/mol. The van der Waals surface area contributed by atoms with Gasteiger partial charge in [0.15, 0.2) is 0 Å². The van der Waals surface area contributed by atoms with Crippen LogP contribution < -0.4 is 0 Å². The number of benzene rings is 2. The molecular weight excluding hydrogens is 617 g/mol. The summed E-state index contributed by atoms with van der Waals surface area (Å²) >= 11 is 0. The molecule has 288 valence electrons. The Labute approximate surface area is 318 Å². The number of hydrogen-bond acceptors (Lipinski definition) is 1. The van der Waals surface area contributed by atoms with Gasteiger partial charge in [0.2, 0.25) is 0 Å². The van der Waals surface area contributed by atoms with Gasteiger partial charge in [-0.15, -0.1) is 13.2 Å². The topological polar surface area (TPSA) is 9.23 Å². The first kappa shape index (κ1) is 45.0. The van der Waals surface area contributed by atoms with Crippen LogP contribution in [0.4, 0.5) is 0 Å². The standard InChI is InChI=1S/C50H82O/c1-5-9-11-13-15-17-19-21-23-25-27-29-37-43-49(7-3,45-47-39-33-31-34-40-47)51-50(8-4,46-48-41-35-32-36-42-48)44-38-30-28-26-24-22-20-18-16-14-12-10-6-2/h7-8,31-36,39-42H,3-6,9-30,37-38,43-46H2,1-2H3. The fourth-order valence-electron chi connectivity index (χ4n) is 7.95. The van der Waals surface area contributed by atoms with E-state index in [4.69, 9.17) is 4.74 Å². The number of ether oxygens (including phenoxy) is 1. The molecule has 0 fully saturated rings. The van der Waals surface area contributed by atoms with Crippen LogP contribution in [0.25, 0.3) is 0 Å². The highest BCUT2D eigenvalue weighted by atomic mass is 16.5. The van der Waals surface area contributed by atoms with Gasteiger partial charge in [-0.3, -0.25) is 0 Å². The maximum absolute atomic E-state index is 7.51. The Balaban J connectivity index is 1.94. The Morgan fingerprint density at radius 3 is 0.902 bits per heavy atom. The normalized spacial score (nSPS) is 13.8. The first-order chi connectivity index (χ1) is 25.1. The van der Waals surface area contributed by atoms with Crippen LogP contribution in [0.3, 0.4) is 0 Å². The Kier molecular flexibility index (Phi) is 26.8. The quantitative estimate of drug-likeness (QED) is 0.0508. The maximum atomic E-state index is 7.51. The van der Waals surface area contributed by atoms with Crippen LogP contribution in [0.2, 0.25) is 0 Å². The van der Waals surface area contributed by atoms with Gasteiger partial charge >= 0.3 is 0 Å².